The van der Waals surface area contributed by atoms with Crippen LogP contribution in [-0.4, -0.2) is 51.7 Å². The van der Waals surface area contributed by atoms with Crippen LogP contribution >= 0.6 is 11.6 Å². The Hall–Kier alpha value is -2.87. The maximum absolute atomic E-state index is 12.7. The molecule has 160 valence electrons. The van der Waals surface area contributed by atoms with Crippen LogP contribution in [0.25, 0.3) is 0 Å². The monoisotopic (exact) mass is 432 g/mol. The molecule has 0 unspecified atom stereocenters. The lowest BCUT2D eigenvalue weighted by Gasteiger charge is -2.17. The summed E-state index contributed by atoms with van der Waals surface area (Å²) in [5, 5.41) is 4.93. The third-order valence-corrected chi connectivity index (χ3v) is 5.84. The van der Waals surface area contributed by atoms with Crippen LogP contribution in [0.2, 0.25) is 5.02 Å². The molecule has 1 fully saturated rings. The van der Waals surface area contributed by atoms with Crippen LogP contribution in [0.1, 0.15) is 34.6 Å². The van der Waals surface area contributed by atoms with Gasteiger partial charge in [-0.25, -0.2) is 4.79 Å². The largest absolute Gasteiger partial charge is 0.457 e. The topological polar surface area (TPSA) is 108 Å². The van der Waals surface area contributed by atoms with Gasteiger partial charge in [-0.15, -0.1) is 0 Å². The maximum atomic E-state index is 12.7. The van der Waals surface area contributed by atoms with E-state index in [4.69, 9.17) is 22.1 Å². The molecule has 2 atom stereocenters. The maximum Gasteiger partial charge on any atom is 0.338 e. The van der Waals surface area contributed by atoms with Gasteiger partial charge in [-0.05, 0) is 26.0 Å². The normalized spacial score (nSPS) is 18.4. The van der Waals surface area contributed by atoms with Crippen molar-refractivity contribution in [3.05, 3.63) is 52.3 Å². The predicted octanol–water partition coefficient (Wildman–Crippen LogP) is 2.10. The van der Waals surface area contributed by atoms with Crippen molar-refractivity contribution in [1.82, 2.24) is 14.7 Å². The van der Waals surface area contributed by atoms with Crippen LogP contribution in [0.5, 0.6) is 0 Å². The number of halogens is 1. The second kappa shape index (κ2) is 9.30. The highest BCUT2D eigenvalue weighted by Gasteiger charge is 2.38. The van der Waals surface area contributed by atoms with Crippen molar-refractivity contribution in [2.45, 2.75) is 39.3 Å². The number of aryl methyl sites for hydroxylation is 2. The minimum Gasteiger partial charge on any atom is -0.457 e. The van der Waals surface area contributed by atoms with Crippen molar-refractivity contribution in [2.75, 3.05) is 13.1 Å². The van der Waals surface area contributed by atoms with Crippen molar-refractivity contribution < 1.29 is 19.1 Å². The number of ether oxygens (including phenoxy) is 1. The van der Waals surface area contributed by atoms with E-state index in [0.717, 1.165) is 11.4 Å². The zero-order chi connectivity index (χ0) is 21.8. The molecule has 0 spiro atoms. The molecule has 2 amide bonds. The Bertz CT molecular complexity index is 944. The molecule has 8 nitrogen and oxygen atoms in total. The van der Waals surface area contributed by atoms with Gasteiger partial charge in [0.05, 0.1) is 35.1 Å². The summed E-state index contributed by atoms with van der Waals surface area (Å²) in [6, 6.07) is 8.60. The summed E-state index contributed by atoms with van der Waals surface area (Å²) in [4.78, 5) is 38.3. The number of amides is 2. The number of likely N-dealkylation sites (tertiary alicyclic amines) is 1. The summed E-state index contributed by atoms with van der Waals surface area (Å²) in [6.45, 7) is 4.60. The van der Waals surface area contributed by atoms with Gasteiger partial charge in [0.15, 0.2) is 0 Å². The fourth-order valence-electron chi connectivity index (χ4n) is 3.67. The second-order valence-corrected chi connectivity index (χ2v) is 7.87. The Kier molecular flexibility index (Phi) is 6.77. The van der Waals surface area contributed by atoms with E-state index in [-0.39, 0.29) is 31.2 Å². The molecule has 30 heavy (non-hydrogen) atoms. The van der Waals surface area contributed by atoms with Gasteiger partial charge in [-0.3, -0.25) is 14.3 Å². The number of rotatable bonds is 7. The summed E-state index contributed by atoms with van der Waals surface area (Å²) in [5.74, 6) is -1.41. The Morgan fingerprint density at radius 1 is 1.20 bits per heavy atom. The zero-order valence-corrected chi connectivity index (χ0v) is 17.8. The lowest BCUT2D eigenvalue weighted by molar-refractivity contribution is -0.131. The first-order chi connectivity index (χ1) is 14.3. The van der Waals surface area contributed by atoms with Gasteiger partial charge in [-0.2, -0.15) is 5.10 Å². The first kappa shape index (κ1) is 21.8. The molecule has 1 saturated heterocycles. The highest BCUT2D eigenvalue weighted by Crippen LogP contribution is 2.25. The van der Waals surface area contributed by atoms with Crippen LogP contribution in [0, 0.1) is 19.8 Å². The van der Waals surface area contributed by atoms with E-state index in [2.05, 4.69) is 5.10 Å². The fourth-order valence-corrected chi connectivity index (χ4v) is 3.80. The number of hydrogen-bond donors (Lipinski definition) is 1. The summed E-state index contributed by atoms with van der Waals surface area (Å²) in [5.41, 5.74) is 7.31. The minimum atomic E-state index is -0.586. The number of carbonyl (C=O) groups excluding carboxylic acids is 3. The van der Waals surface area contributed by atoms with Gasteiger partial charge in [0.2, 0.25) is 11.8 Å². The molecule has 9 heteroatoms. The molecule has 0 aliphatic carbocycles. The van der Waals surface area contributed by atoms with E-state index in [1.165, 1.54) is 0 Å². The highest BCUT2D eigenvalue weighted by atomic mass is 35.5. The van der Waals surface area contributed by atoms with Gasteiger partial charge in [0.1, 0.15) is 6.10 Å². The van der Waals surface area contributed by atoms with Crippen molar-refractivity contribution in [3.63, 3.8) is 0 Å². The van der Waals surface area contributed by atoms with E-state index < -0.39 is 18.0 Å². The minimum absolute atomic E-state index is 0.0452. The molecule has 0 bridgehead atoms. The number of esters is 1. The Morgan fingerprint density at radius 2 is 1.90 bits per heavy atom. The molecule has 2 N–H and O–H groups in total. The van der Waals surface area contributed by atoms with Crippen LogP contribution in [0.3, 0.4) is 0 Å². The smallest absolute Gasteiger partial charge is 0.338 e. The Labute approximate surface area is 179 Å². The molecule has 0 saturated carbocycles. The number of carbonyl (C=O) groups is 3. The zero-order valence-electron chi connectivity index (χ0n) is 17.0. The number of aromatic nitrogens is 2. The number of nitrogens with zero attached hydrogens (tertiary/aromatic N) is 3. The number of primary amides is 1. The Morgan fingerprint density at radius 3 is 2.50 bits per heavy atom. The van der Waals surface area contributed by atoms with Gasteiger partial charge in [0, 0.05) is 25.3 Å². The summed E-state index contributed by atoms with van der Waals surface area (Å²) in [7, 11) is 0. The molecule has 1 aliphatic heterocycles. The third kappa shape index (κ3) is 4.99. The SMILES string of the molecule is Cc1nn(CCC(=O)N2C[C@H](CC(N)=O)[C@H](OC(=O)c3ccccc3)C2)c(C)c1Cl. The fraction of sp³-hybridized carbons (Fsp3) is 0.429. The van der Waals surface area contributed by atoms with Gasteiger partial charge in [-0.1, -0.05) is 29.8 Å². The van der Waals surface area contributed by atoms with Gasteiger partial charge < -0.3 is 15.4 Å². The molecule has 2 heterocycles. The van der Waals surface area contributed by atoms with Gasteiger partial charge in [0.25, 0.3) is 0 Å². The highest BCUT2D eigenvalue weighted by molar-refractivity contribution is 6.31. The lowest BCUT2D eigenvalue weighted by Crippen LogP contribution is -2.31. The molecule has 1 aromatic carbocycles. The first-order valence-electron chi connectivity index (χ1n) is 9.78. The predicted molar refractivity (Wildman–Crippen MR) is 111 cm³/mol. The van der Waals surface area contributed by atoms with E-state index in [0.29, 0.717) is 23.7 Å². The number of nitrogens with two attached hydrogens (primary N) is 1. The lowest BCUT2D eigenvalue weighted by atomic mass is 10.0. The van der Waals surface area contributed by atoms with Crippen molar-refractivity contribution in [1.29, 1.82) is 0 Å². The molecule has 3 rings (SSSR count). The van der Waals surface area contributed by atoms with E-state index in [9.17, 15) is 14.4 Å². The number of hydrogen-bond acceptors (Lipinski definition) is 5. The van der Waals surface area contributed by atoms with Crippen LogP contribution in [-0.2, 0) is 20.9 Å². The average molecular weight is 433 g/mol. The quantitative estimate of drug-likeness (QED) is 0.674. The van der Waals surface area contributed by atoms with Crippen LogP contribution < -0.4 is 5.73 Å². The average Bonchev–Trinajstić information content (AvgIpc) is 3.22. The molecular formula is C21H25ClN4O4. The second-order valence-electron chi connectivity index (χ2n) is 7.50. The first-order valence-corrected chi connectivity index (χ1v) is 10.2. The van der Waals surface area contributed by atoms with Crippen molar-refractivity contribution in [2.24, 2.45) is 11.7 Å². The molecular weight excluding hydrogens is 408 g/mol. The molecule has 0 radical (unpaired) electrons. The summed E-state index contributed by atoms with van der Waals surface area (Å²) in [6.07, 6.45) is -0.317. The van der Waals surface area contributed by atoms with E-state index in [1.807, 2.05) is 13.8 Å². The number of benzene rings is 1. The van der Waals surface area contributed by atoms with E-state index in [1.54, 1.807) is 39.9 Å². The van der Waals surface area contributed by atoms with E-state index >= 15 is 0 Å². The van der Waals surface area contributed by atoms with Crippen LogP contribution in [0.15, 0.2) is 30.3 Å². The third-order valence-electron chi connectivity index (χ3n) is 5.30. The molecule has 2 aromatic rings. The van der Waals surface area contributed by atoms with Crippen molar-refractivity contribution in [3.8, 4) is 0 Å². The standard InChI is InChI=1S/C21H25ClN4O4/c1-13-20(22)14(2)26(24-13)9-8-19(28)25-11-16(10-18(23)27)17(12-25)30-21(29)15-6-4-3-5-7-15/h3-7,16-17H,8-12H2,1-2H3,(H2,23,27)/t16-,17+/m0/s1. The van der Waals surface area contributed by atoms with Gasteiger partial charge >= 0.3 is 5.97 Å². The summed E-state index contributed by atoms with van der Waals surface area (Å²) < 4.78 is 7.32. The van der Waals surface area contributed by atoms with Crippen molar-refractivity contribution >= 4 is 29.4 Å². The molecule has 1 aromatic heterocycles. The van der Waals surface area contributed by atoms with Crippen LogP contribution in [0.4, 0.5) is 0 Å². The molecule has 1 aliphatic rings. The summed E-state index contributed by atoms with van der Waals surface area (Å²) >= 11 is 6.16. The Balaban J connectivity index is 1.64.